The van der Waals surface area contributed by atoms with Crippen molar-refractivity contribution < 1.29 is 58.8 Å². The summed E-state index contributed by atoms with van der Waals surface area (Å²) in [5, 5.41) is 49.2. The van der Waals surface area contributed by atoms with Crippen molar-refractivity contribution in [3.05, 3.63) is 18.2 Å². The molecule has 0 aliphatic heterocycles. The number of hydrogen-bond acceptors (Lipinski definition) is 11. The summed E-state index contributed by atoms with van der Waals surface area (Å²) in [6, 6.07) is -8.67. The Labute approximate surface area is 287 Å². The summed E-state index contributed by atoms with van der Waals surface area (Å²) in [5.41, 5.74) is 5.98. The molecule has 1 heterocycles. The van der Waals surface area contributed by atoms with Crippen LogP contribution < -0.4 is 32.3 Å². The lowest BCUT2D eigenvalue weighted by molar-refractivity contribution is -0.143. The molecule has 20 heteroatoms. The molecule has 0 saturated heterocycles. The summed E-state index contributed by atoms with van der Waals surface area (Å²) in [6.45, 7) is 6.01. The predicted molar refractivity (Wildman–Crippen MR) is 173 cm³/mol. The molecule has 20 nitrogen and oxygen atoms in total. The summed E-state index contributed by atoms with van der Waals surface area (Å²) < 4.78 is 0. The van der Waals surface area contributed by atoms with Crippen LogP contribution in [0.4, 0.5) is 0 Å². The zero-order valence-electron chi connectivity index (χ0n) is 28.3. The van der Waals surface area contributed by atoms with Crippen molar-refractivity contribution in [3.8, 4) is 0 Å². The topological polar surface area (TPSA) is 332 Å². The van der Waals surface area contributed by atoms with Gasteiger partial charge >= 0.3 is 17.9 Å². The maximum absolute atomic E-state index is 13.6. The first-order chi connectivity index (χ1) is 23.3. The lowest BCUT2D eigenvalue weighted by atomic mass is 10.0. The van der Waals surface area contributed by atoms with Gasteiger partial charge < -0.3 is 57.7 Å². The smallest absolute Gasteiger partial charge is 0.326 e. The number of nitrogens with one attached hydrogen (secondary N) is 6. The summed E-state index contributed by atoms with van der Waals surface area (Å²) in [7, 11) is 0. The van der Waals surface area contributed by atoms with E-state index in [2.05, 4.69) is 36.6 Å². The van der Waals surface area contributed by atoms with Crippen LogP contribution in [0.15, 0.2) is 12.5 Å². The number of hydrogen-bond donors (Lipinski definition) is 11. The van der Waals surface area contributed by atoms with Crippen molar-refractivity contribution >= 4 is 47.4 Å². The first kappa shape index (κ1) is 42.9. The fourth-order valence-corrected chi connectivity index (χ4v) is 4.60. The average molecular weight is 713 g/mol. The van der Waals surface area contributed by atoms with E-state index in [0.29, 0.717) is 5.69 Å². The van der Waals surface area contributed by atoms with Crippen LogP contribution >= 0.6 is 0 Å². The molecule has 0 aliphatic carbocycles. The Hall–Kier alpha value is -5.11. The quantitative estimate of drug-likeness (QED) is 0.0547. The highest BCUT2D eigenvalue weighted by Crippen LogP contribution is 2.10. The normalized spacial score (nSPS) is 14.7. The Balaban J connectivity index is 3.21. The van der Waals surface area contributed by atoms with Crippen LogP contribution in [0.25, 0.3) is 0 Å². The van der Waals surface area contributed by atoms with Crippen molar-refractivity contribution in [2.75, 3.05) is 6.61 Å². The van der Waals surface area contributed by atoms with Gasteiger partial charge in [0.2, 0.25) is 29.5 Å². The second-order valence-electron chi connectivity index (χ2n) is 12.5. The standard InChI is InChI=1S/C30H48N8O12/c1-14(2)7-19(35-25(44)17(31)10-24(42)43)27(46)38-22(12-39)29(48)37-21(9-16-11-32-13-33-16)28(47)36-20(8-15(3)4)26(45)34-18(30(49)50)5-6-23(40)41/h11,13-15,17-22,39H,5-10,12,31H2,1-4H3,(H,32,33)(H,34,45)(H,35,44)(H,36,47)(H,37,48)(H,38,46)(H,40,41)(H,42,43)(H,49,50)/t17-,18-,19-,20-,21-,22-/m0/s1. The van der Waals surface area contributed by atoms with Crippen molar-refractivity contribution in [2.45, 2.75) is 102 Å². The van der Waals surface area contributed by atoms with Crippen LogP contribution in [0.2, 0.25) is 0 Å². The largest absolute Gasteiger partial charge is 0.481 e. The number of carboxylic acid groups (broad SMARTS) is 3. The number of nitrogens with two attached hydrogens (primary N) is 1. The Bertz CT molecular complexity index is 1340. The molecule has 1 rings (SSSR count). The zero-order chi connectivity index (χ0) is 38.1. The number of carbonyl (C=O) groups excluding carboxylic acids is 5. The Kier molecular flexibility index (Phi) is 18.1. The Morgan fingerprint density at radius 2 is 1.16 bits per heavy atom. The summed E-state index contributed by atoms with van der Waals surface area (Å²) in [6.07, 6.45) is 0.904. The number of aromatic amines is 1. The van der Waals surface area contributed by atoms with Gasteiger partial charge in [0.1, 0.15) is 30.2 Å². The highest BCUT2D eigenvalue weighted by molar-refractivity contribution is 5.96. The SMILES string of the molecule is CC(C)C[C@H](NC(=O)[C@H](Cc1cnc[nH]1)NC(=O)[C@H](CO)NC(=O)[C@H](CC(C)C)NC(=O)[C@@H](N)CC(=O)O)C(=O)N[C@@H](CCC(=O)O)C(=O)O. The third kappa shape index (κ3) is 15.9. The number of aromatic nitrogens is 2. The molecule has 0 aromatic carbocycles. The summed E-state index contributed by atoms with van der Waals surface area (Å²) >= 11 is 0. The first-order valence-corrected chi connectivity index (χ1v) is 15.9. The van der Waals surface area contributed by atoms with E-state index in [9.17, 15) is 48.6 Å². The van der Waals surface area contributed by atoms with E-state index in [1.807, 2.05) is 0 Å². The first-order valence-electron chi connectivity index (χ1n) is 15.9. The second kappa shape index (κ2) is 21.1. The predicted octanol–water partition coefficient (Wildman–Crippen LogP) is -2.79. The maximum Gasteiger partial charge on any atom is 0.326 e. The van der Waals surface area contributed by atoms with Crippen molar-refractivity contribution in [1.82, 2.24) is 36.6 Å². The maximum atomic E-state index is 13.6. The molecule has 0 bridgehead atoms. The van der Waals surface area contributed by atoms with E-state index in [-0.39, 0.29) is 31.1 Å². The Morgan fingerprint density at radius 1 is 0.700 bits per heavy atom. The number of aliphatic hydroxyl groups is 1. The van der Waals surface area contributed by atoms with Gasteiger partial charge in [0.05, 0.1) is 25.4 Å². The minimum Gasteiger partial charge on any atom is -0.481 e. The average Bonchev–Trinajstić information content (AvgIpc) is 3.52. The molecular weight excluding hydrogens is 664 g/mol. The zero-order valence-corrected chi connectivity index (χ0v) is 28.3. The highest BCUT2D eigenvalue weighted by atomic mass is 16.4. The van der Waals surface area contributed by atoms with Gasteiger partial charge in [0, 0.05) is 24.7 Å². The number of aliphatic hydroxyl groups excluding tert-OH is 1. The monoisotopic (exact) mass is 712 g/mol. The number of imidazole rings is 1. The molecule has 12 N–H and O–H groups in total. The van der Waals surface area contributed by atoms with Crippen LogP contribution in [0.5, 0.6) is 0 Å². The van der Waals surface area contributed by atoms with Gasteiger partial charge in [-0.05, 0) is 31.1 Å². The van der Waals surface area contributed by atoms with Crippen LogP contribution in [0.1, 0.15) is 65.5 Å². The van der Waals surface area contributed by atoms with Crippen LogP contribution in [0.3, 0.4) is 0 Å². The van der Waals surface area contributed by atoms with E-state index in [0.717, 1.165) is 0 Å². The van der Waals surface area contributed by atoms with E-state index in [4.69, 9.17) is 15.9 Å². The van der Waals surface area contributed by atoms with Crippen LogP contribution in [-0.4, -0.2) is 121 Å². The molecule has 0 fully saturated rings. The van der Waals surface area contributed by atoms with Gasteiger partial charge in [-0.3, -0.25) is 33.6 Å². The van der Waals surface area contributed by atoms with Crippen molar-refractivity contribution in [1.29, 1.82) is 0 Å². The minimum absolute atomic E-state index is 0.0297. The van der Waals surface area contributed by atoms with Crippen molar-refractivity contribution in [3.63, 3.8) is 0 Å². The number of amides is 5. The van der Waals surface area contributed by atoms with Gasteiger partial charge in [0.15, 0.2) is 0 Å². The fourth-order valence-electron chi connectivity index (χ4n) is 4.60. The lowest BCUT2D eigenvalue weighted by Crippen LogP contribution is -2.60. The minimum atomic E-state index is -1.64. The third-order valence-corrected chi connectivity index (χ3v) is 7.10. The molecule has 1 aromatic heterocycles. The molecule has 6 atom stereocenters. The fraction of sp³-hybridized carbons (Fsp3) is 0.633. The number of nitrogens with zero attached hydrogens (tertiary/aromatic N) is 1. The summed E-state index contributed by atoms with van der Waals surface area (Å²) in [5.74, 6) is -9.09. The number of carbonyl (C=O) groups is 8. The van der Waals surface area contributed by atoms with E-state index < -0.39 is 110 Å². The molecule has 0 aliphatic rings. The van der Waals surface area contributed by atoms with Gasteiger partial charge in [-0.1, -0.05) is 27.7 Å². The Morgan fingerprint density at radius 3 is 1.60 bits per heavy atom. The van der Waals surface area contributed by atoms with E-state index >= 15 is 0 Å². The molecule has 0 unspecified atom stereocenters. The van der Waals surface area contributed by atoms with Gasteiger partial charge in [-0.2, -0.15) is 0 Å². The van der Waals surface area contributed by atoms with E-state index in [1.165, 1.54) is 12.5 Å². The molecule has 1 aromatic rings. The molecule has 280 valence electrons. The molecule has 0 spiro atoms. The molecule has 0 radical (unpaired) electrons. The number of carboxylic acids is 3. The molecule has 50 heavy (non-hydrogen) atoms. The molecular formula is C30H48N8O12. The van der Waals surface area contributed by atoms with Crippen LogP contribution in [0, 0.1) is 11.8 Å². The van der Waals surface area contributed by atoms with Crippen molar-refractivity contribution in [2.24, 2.45) is 17.6 Å². The summed E-state index contributed by atoms with van der Waals surface area (Å²) in [4.78, 5) is 106. The van der Waals surface area contributed by atoms with E-state index in [1.54, 1.807) is 27.7 Å². The van der Waals surface area contributed by atoms with Gasteiger partial charge in [-0.15, -0.1) is 0 Å². The molecule has 5 amide bonds. The van der Waals surface area contributed by atoms with Gasteiger partial charge in [-0.25, -0.2) is 9.78 Å². The highest BCUT2D eigenvalue weighted by Gasteiger charge is 2.33. The third-order valence-electron chi connectivity index (χ3n) is 7.10. The number of rotatable bonds is 23. The lowest BCUT2D eigenvalue weighted by Gasteiger charge is -2.27. The van der Waals surface area contributed by atoms with Crippen LogP contribution in [-0.2, 0) is 44.8 Å². The number of H-pyrrole nitrogens is 1. The second-order valence-corrected chi connectivity index (χ2v) is 12.5. The number of aliphatic carboxylic acids is 3. The van der Waals surface area contributed by atoms with Gasteiger partial charge in [0.25, 0.3) is 0 Å². The molecule has 0 saturated carbocycles.